The highest BCUT2D eigenvalue weighted by Crippen LogP contribution is 2.35. The molecule has 1 atom stereocenters. The predicted octanol–water partition coefficient (Wildman–Crippen LogP) is 3.86. The lowest BCUT2D eigenvalue weighted by Crippen LogP contribution is -2.37. The number of anilines is 1. The molecule has 0 saturated carbocycles. The highest BCUT2D eigenvalue weighted by molar-refractivity contribution is 7.22. The van der Waals surface area contributed by atoms with E-state index >= 15 is 0 Å². The number of amides is 1. The smallest absolute Gasteiger partial charge is 0.260 e. The average Bonchev–Trinajstić information content (AvgIpc) is 3.50. The van der Waals surface area contributed by atoms with Gasteiger partial charge in [-0.25, -0.2) is 4.98 Å². The SMILES string of the molecule is COc1ccc2nc(N(CC3CCCO3)C(=O)c3ccc4c(c3)OCO4)sc2c1. The fraction of sp³-hybridized carbons (Fsp3) is 0.333. The molecule has 1 aromatic heterocycles. The van der Waals surface area contributed by atoms with Crippen molar-refractivity contribution in [3.8, 4) is 17.2 Å². The van der Waals surface area contributed by atoms with Crippen molar-refractivity contribution in [1.82, 2.24) is 4.98 Å². The maximum Gasteiger partial charge on any atom is 0.260 e. The van der Waals surface area contributed by atoms with Crippen LogP contribution in [0.3, 0.4) is 0 Å². The summed E-state index contributed by atoms with van der Waals surface area (Å²) in [5, 5.41) is 0.645. The van der Waals surface area contributed by atoms with Crippen LogP contribution in [0.2, 0.25) is 0 Å². The molecular weight excluding hydrogens is 392 g/mol. The summed E-state index contributed by atoms with van der Waals surface area (Å²) in [6.45, 7) is 1.37. The average molecular weight is 412 g/mol. The van der Waals surface area contributed by atoms with Gasteiger partial charge in [0.1, 0.15) is 5.75 Å². The second kappa shape index (κ2) is 7.53. The van der Waals surface area contributed by atoms with Crippen LogP contribution < -0.4 is 19.1 Å². The minimum Gasteiger partial charge on any atom is -0.497 e. The molecule has 0 radical (unpaired) electrons. The maximum absolute atomic E-state index is 13.4. The molecule has 1 fully saturated rings. The lowest BCUT2D eigenvalue weighted by atomic mass is 10.1. The van der Waals surface area contributed by atoms with Gasteiger partial charge >= 0.3 is 0 Å². The van der Waals surface area contributed by atoms with Crippen LogP contribution in [-0.2, 0) is 4.74 Å². The molecule has 1 unspecified atom stereocenters. The predicted molar refractivity (Wildman–Crippen MR) is 109 cm³/mol. The van der Waals surface area contributed by atoms with Crippen LogP contribution in [0.5, 0.6) is 17.2 Å². The molecule has 0 N–H and O–H groups in total. The second-order valence-corrected chi connectivity index (χ2v) is 7.96. The summed E-state index contributed by atoms with van der Waals surface area (Å²) in [4.78, 5) is 19.9. The van der Waals surface area contributed by atoms with E-state index in [-0.39, 0.29) is 18.8 Å². The van der Waals surface area contributed by atoms with E-state index in [0.29, 0.717) is 28.7 Å². The normalized spacial score (nSPS) is 17.6. The first-order valence-electron chi connectivity index (χ1n) is 9.49. The largest absolute Gasteiger partial charge is 0.497 e. The number of aromatic nitrogens is 1. The molecule has 2 aliphatic heterocycles. The summed E-state index contributed by atoms with van der Waals surface area (Å²) >= 11 is 1.47. The Morgan fingerprint density at radius 2 is 2.14 bits per heavy atom. The summed E-state index contributed by atoms with van der Waals surface area (Å²) in [7, 11) is 1.63. The van der Waals surface area contributed by atoms with Gasteiger partial charge in [0.25, 0.3) is 5.91 Å². The molecule has 2 aromatic carbocycles. The molecule has 0 bridgehead atoms. The van der Waals surface area contributed by atoms with Crippen LogP contribution >= 0.6 is 11.3 Å². The zero-order valence-corrected chi connectivity index (χ0v) is 16.7. The fourth-order valence-electron chi connectivity index (χ4n) is 3.56. The van der Waals surface area contributed by atoms with Crippen molar-refractivity contribution < 1.29 is 23.7 Å². The Kier molecular flexibility index (Phi) is 4.73. The molecule has 3 aromatic rings. The Balaban J connectivity index is 1.51. The summed E-state index contributed by atoms with van der Waals surface area (Å²) < 4.78 is 22.9. The minimum absolute atomic E-state index is 0.00880. The van der Waals surface area contributed by atoms with Gasteiger partial charge in [-0.1, -0.05) is 11.3 Å². The van der Waals surface area contributed by atoms with Crippen molar-refractivity contribution in [3.05, 3.63) is 42.0 Å². The second-order valence-electron chi connectivity index (χ2n) is 6.95. The number of rotatable bonds is 5. The van der Waals surface area contributed by atoms with Gasteiger partial charge in [0.2, 0.25) is 6.79 Å². The Labute approximate surface area is 171 Å². The molecule has 0 aliphatic carbocycles. The first-order chi connectivity index (χ1) is 14.2. The van der Waals surface area contributed by atoms with Gasteiger partial charge in [0.05, 0.1) is 30.0 Å². The Hall–Kier alpha value is -2.84. The first kappa shape index (κ1) is 18.2. The lowest BCUT2D eigenvalue weighted by molar-refractivity contribution is 0.0917. The zero-order chi connectivity index (χ0) is 19.8. The van der Waals surface area contributed by atoms with Crippen LogP contribution in [0.25, 0.3) is 10.2 Å². The summed E-state index contributed by atoms with van der Waals surface area (Å²) in [5.74, 6) is 1.87. The summed E-state index contributed by atoms with van der Waals surface area (Å²) in [6, 6.07) is 11.0. The van der Waals surface area contributed by atoms with Crippen molar-refractivity contribution in [1.29, 1.82) is 0 Å². The van der Waals surface area contributed by atoms with Crippen LogP contribution in [0, 0.1) is 0 Å². The summed E-state index contributed by atoms with van der Waals surface area (Å²) in [5.41, 5.74) is 1.37. The Bertz CT molecular complexity index is 1060. The van der Waals surface area contributed by atoms with E-state index in [1.165, 1.54) is 11.3 Å². The van der Waals surface area contributed by atoms with Crippen molar-refractivity contribution in [2.75, 3.05) is 32.0 Å². The number of carbonyl (C=O) groups excluding carboxylic acids is 1. The monoisotopic (exact) mass is 412 g/mol. The number of fused-ring (bicyclic) bond motifs is 2. The number of thiazole rings is 1. The van der Waals surface area contributed by atoms with Gasteiger partial charge in [-0.2, -0.15) is 0 Å². The first-order valence-corrected chi connectivity index (χ1v) is 10.3. The van der Waals surface area contributed by atoms with Crippen molar-refractivity contribution in [2.24, 2.45) is 0 Å². The Morgan fingerprint density at radius 3 is 2.97 bits per heavy atom. The topological polar surface area (TPSA) is 70.1 Å². The number of nitrogens with zero attached hydrogens (tertiary/aromatic N) is 2. The molecule has 3 heterocycles. The van der Waals surface area contributed by atoms with Gasteiger partial charge < -0.3 is 18.9 Å². The third-order valence-corrected chi connectivity index (χ3v) is 6.13. The summed E-state index contributed by atoms with van der Waals surface area (Å²) in [6.07, 6.45) is 1.95. The van der Waals surface area contributed by atoms with E-state index in [1.54, 1.807) is 30.2 Å². The highest BCUT2D eigenvalue weighted by atomic mass is 32.1. The van der Waals surface area contributed by atoms with Gasteiger partial charge in [-0.15, -0.1) is 0 Å². The van der Waals surface area contributed by atoms with Gasteiger partial charge in [-0.05, 0) is 49.2 Å². The van der Waals surface area contributed by atoms with E-state index < -0.39 is 0 Å². The van der Waals surface area contributed by atoms with E-state index in [2.05, 4.69) is 0 Å². The number of benzene rings is 2. The van der Waals surface area contributed by atoms with Crippen LogP contribution in [0.4, 0.5) is 5.13 Å². The Morgan fingerprint density at radius 1 is 1.24 bits per heavy atom. The number of methoxy groups -OCH3 is 1. The third kappa shape index (κ3) is 3.49. The van der Waals surface area contributed by atoms with Crippen LogP contribution in [0.1, 0.15) is 23.2 Å². The molecule has 1 amide bonds. The quantitative estimate of drug-likeness (QED) is 0.634. The van der Waals surface area contributed by atoms with Crippen molar-refractivity contribution in [3.63, 3.8) is 0 Å². The van der Waals surface area contributed by atoms with Crippen molar-refractivity contribution in [2.45, 2.75) is 18.9 Å². The zero-order valence-electron chi connectivity index (χ0n) is 15.9. The number of hydrogen-bond acceptors (Lipinski definition) is 7. The molecule has 1 saturated heterocycles. The maximum atomic E-state index is 13.4. The van der Waals surface area contributed by atoms with Crippen molar-refractivity contribution >= 4 is 32.6 Å². The third-order valence-electron chi connectivity index (χ3n) is 5.09. The number of carbonyl (C=O) groups is 1. The molecule has 29 heavy (non-hydrogen) atoms. The van der Waals surface area contributed by atoms with Crippen LogP contribution in [0.15, 0.2) is 36.4 Å². The van der Waals surface area contributed by atoms with E-state index in [1.807, 2.05) is 18.2 Å². The minimum atomic E-state index is -0.134. The molecule has 150 valence electrons. The molecule has 7 nitrogen and oxygen atoms in total. The molecule has 2 aliphatic rings. The van der Waals surface area contributed by atoms with Gasteiger partial charge in [-0.3, -0.25) is 9.69 Å². The van der Waals surface area contributed by atoms with E-state index in [4.69, 9.17) is 23.9 Å². The molecule has 0 spiro atoms. The lowest BCUT2D eigenvalue weighted by Gasteiger charge is -2.23. The highest BCUT2D eigenvalue weighted by Gasteiger charge is 2.28. The standard InChI is InChI=1S/C21H20N2O5S/c1-25-14-5-6-16-19(10-14)29-21(22-16)23(11-15-3-2-8-26-15)20(24)13-4-7-17-18(9-13)28-12-27-17/h4-7,9-10,15H,2-3,8,11-12H2,1H3. The molecule has 5 rings (SSSR count). The fourth-order valence-corrected chi connectivity index (χ4v) is 4.56. The van der Waals surface area contributed by atoms with Gasteiger partial charge in [0, 0.05) is 12.2 Å². The van der Waals surface area contributed by atoms with E-state index in [0.717, 1.165) is 35.4 Å². The van der Waals surface area contributed by atoms with E-state index in [9.17, 15) is 4.79 Å². The molecule has 8 heteroatoms. The molecular formula is C21H20N2O5S. The number of ether oxygens (including phenoxy) is 4. The van der Waals surface area contributed by atoms with Crippen LogP contribution in [-0.4, -0.2) is 44.0 Å². The number of hydrogen-bond donors (Lipinski definition) is 0. The van der Waals surface area contributed by atoms with Gasteiger partial charge in [0.15, 0.2) is 16.6 Å².